The molecule has 1 aromatic rings. The van der Waals surface area contributed by atoms with Crippen LogP contribution in [0.3, 0.4) is 0 Å². The fourth-order valence-electron chi connectivity index (χ4n) is 1.23. The fourth-order valence-corrected chi connectivity index (χ4v) is 1.23. The van der Waals surface area contributed by atoms with E-state index in [1.807, 2.05) is 24.9 Å². The highest BCUT2D eigenvalue weighted by atomic mass is 15.3. The summed E-state index contributed by atoms with van der Waals surface area (Å²) in [6, 6.07) is 0. The number of nitrogens with zero attached hydrogens (tertiary/aromatic N) is 3. The van der Waals surface area contributed by atoms with Crippen LogP contribution >= 0.6 is 0 Å². The van der Waals surface area contributed by atoms with E-state index in [1.165, 1.54) is 0 Å². The van der Waals surface area contributed by atoms with Gasteiger partial charge in [-0.3, -0.25) is 4.68 Å². The zero-order valence-corrected chi connectivity index (χ0v) is 10.5. The number of guanidine groups is 1. The maximum atomic E-state index is 5.74. The molecule has 0 aliphatic carbocycles. The number of hydrogen-bond donors (Lipinski definition) is 2. The van der Waals surface area contributed by atoms with E-state index in [1.54, 1.807) is 0 Å². The van der Waals surface area contributed by atoms with Gasteiger partial charge >= 0.3 is 0 Å². The lowest BCUT2D eigenvalue weighted by Crippen LogP contribution is -2.34. The van der Waals surface area contributed by atoms with E-state index < -0.39 is 0 Å². The largest absolute Gasteiger partial charge is 0.370 e. The summed E-state index contributed by atoms with van der Waals surface area (Å²) in [7, 11) is 1.92. The zero-order valence-electron chi connectivity index (χ0n) is 10.5. The summed E-state index contributed by atoms with van der Waals surface area (Å²) in [6.45, 7) is 7.71. The van der Waals surface area contributed by atoms with Crippen molar-refractivity contribution in [1.82, 2.24) is 15.1 Å². The average molecular weight is 223 g/mol. The molecule has 0 saturated carbocycles. The van der Waals surface area contributed by atoms with Gasteiger partial charge in [0.25, 0.3) is 0 Å². The van der Waals surface area contributed by atoms with Crippen LogP contribution in [0.1, 0.15) is 25.1 Å². The lowest BCUT2D eigenvalue weighted by atomic mass is 10.2. The van der Waals surface area contributed by atoms with Crippen molar-refractivity contribution < 1.29 is 0 Å². The molecule has 5 nitrogen and oxygen atoms in total. The smallest absolute Gasteiger partial charge is 0.188 e. The van der Waals surface area contributed by atoms with Gasteiger partial charge in [0.2, 0.25) is 0 Å². The van der Waals surface area contributed by atoms with Crippen molar-refractivity contribution in [3.05, 3.63) is 17.5 Å². The summed E-state index contributed by atoms with van der Waals surface area (Å²) in [5.41, 5.74) is 7.97. The van der Waals surface area contributed by atoms with Crippen molar-refractivity contribution >= 4 is 5.96 Å². The molecular formula is C11H21N5. The van der Waals surface area contributed by atoms with Crippen LogP contribution in [0.4, 0.5) is 0 Å². The molecule has 0 unspecified atom stereocenters. The van der Waals surface area contributed by atoms with E-state index in [9.17, 15) is 0 Å². The van der Waals surface area contributed by atoms with E-state index in [0.29, 0.717) is 18.4 Å². The number of aromatic nitrogens is 2. The molecule has 90 valence electrons. The van der Waals surface area contributed by atoms with E-state index in [4.69, 9.17) is 5.73 Å². The second kappa shape index (κ2) is 5.53. The molecule has 0 amide bonds. The van der Waals surface area contributed by atoms with Gasteiger partial charge in [-0.15, -0.1) is 0 Å². The molecule has 0 aromatic carbocycles. The van der Waals surface area contributed by atoms with Gasteiger partial charge in [0.05, 0.1) is 12.7 Å². The second-order valence-electron chi connectivity index (χ2n) is 4.36. The minimum atomic E-state index is 0.497. The first-order valence-corrected chi connectivity index (χ1v) is 5.52. The molecule has 3 N–H and O–H groups in total. The standard InChI is InChI=1S/C11H21N5/c1-8(2)5-13-11(12)14-6-10-7-15-16(4)9(10)3/h7-8H,5-6H2,1-4H3,(H3,12,13,14). The van der Waals surface area contributed by atoms with Crippen molar-refractivity contribution in [2.75, 3.05) is 6.54 Å². The van der Waals surface area contributed by atoms with Crippen molar-refractivity contribution in [3.63, 3.8) is 0 Å². The first kappa shape index (κ1) is 12.5. The van der Waals surface area contributed by atoms with Crippen LogP contribution in [0.25, 0.3) is 0 Å². The van der Waals surface area contributed by atoms with Crippen LogP contribution in [-0.2, 0) is 13.6 Å². The summed E-state index contributed by atoms with van der Waals surface area (Å²) in [5, 5.41) is 7.23. The third kappa shape index (κ3) is 3.56. The Kier molecular flexibility index (Phi) is 4.34. The van der Waals surface area contributed by atoms with E-state index in [2.05, 4.69) is 29.3 Å². The summed E-state index contributed by atoms with van der Waals surface area (Å²) < 4.78 is 1.84. The Morgan fingerprint density at radius 1 is 1.62 bits per heavy atom. The van der Waals surface area contributed by atoms with Gasteiger partial charge in [-0.05, 0) is 12.8 Å². The maximum absolute atomic E-state index is 5.74. The van der Waals surface area contributed by atoms with Gasteiger partial charge in [-0.2, -0.15) is 5.10 Å². The number of aryl methyl sites for hydroxylation is 1. The van der Waals surface area contributed by atoms with Crippen LogP contribution in [0.2, 0.25) is 0 Å². The third-order valence-corrected chi connectivity index (χ3v) is 2.45. The average Bonchev–Trinajstić information content (AvgIpc) is 2.54. The predicted molar refractivity (Wildman–Crippen MR) is 66.1 cm³/mol. The first-order valence-electron chi connectivity index (χ1n) is 5.52. The second-order valence-corrected chi connectivity index (χ2v) is 4.36. The molecule has 0 radical (unpaired) electrons. The van der Waals surface area contributed by atoms with Crippen molar-refractivity contribution in [2.45, 2.75) is 27.3 Å². The minimum absolute atomic E-state index is 0.497. The molecule has 1 heterocycles. The Bertz CT molecular complexity index is 364. The van der Waals surface area contributed by atoms with Gasteiger partial charge in [-0.1, -0.05) is 13.8 Å². The number of aliphatic imine (C=N–C) groups is 1. The van der Waals surface area contributed by atoms with Gasteiger partial charge in [-0.25, -0.2) is 4.99 Å². The van der Waals surface area contributed by atoms with Crippen LogP contribution in [-0.4, -0.2) is 22.3 Å². The van der Waals surface area contributed by atoms with Gasteiger partial charge < -0.3 is 11.1 Å². The topological polar surface area (TPSA) is 68.2 Å². The van der Waals surface area contributed by atoms with Crippen LogP contribution < -0.4 is 11.1 Å². The Labute approximate surface area is 96.7 Å². The molecule has 0 aliphatic heterocycles. The molecule has 1 rings (SSSR count). The highest BCUT2D eigenvalue weighted by Gasteiger charge is 2.02. The molecule has 5 heteroatoms. The number of hydrogen-bond acceptors (Lipinski definition) is 2. The Hall–Kier alpha value is -1.52. The molecule has 16 heavy (non-hydrogen) atoms. The van der Waals surface area contributed by atoms with Crippen molar-refractivity contribution in [2.24, 2.45) is 23.7 Å². The zero-order chi connectivity index (χ0) is 12.1. The highest BCUT2D eigenvalue weighted by Crippen LogP contribution is 2.06. The summed E-state index contributed by atoms with van der Waals surface area (Å²) in [4.78, 5) is 4.27. The van der Waals surface area contributed by atoms with E-state index in [-0.39, 0.29) is 0 Å². The lowest BCUT2D eigenvalue weighted by molar-refractivity contribution is 0.622. The van der Waals surface area contributed by atoms with Gasteiger partial charge in [0.15, 0.2) is 5.96 Å². The number of nitrogens with one attached hydrogen (secondary N) is 1. The molecule has 1 aromatic heterocycles. The molecule has 0 spiro atoms. The predicted octanol–water partition coefficient (Wildman–Crippen LogP) is 0.789. The Balaban J connectivity index is 2.49. The lowest BCUT2D eigenvalue weighted by Gasteiger charge is -2.07. The van der Waals surface area contributed by atoms with Crippen LogP contribution in [0.15, 0.2) is 11.2 Å². The van der Waals surface area contributed by atoms with Gasteiger partial charge in [0.1, 0.15) is 0 Å². The molecule has 0 atom stereocenters. The van der Waals surface area contributed by atoms with Crippen molar-refractivity contribution in [3.8, 4) is 0 Å². The van der Waals surface area contributed by atoms with E-state index in [0.717, 1.165) is 17.8 Å². The monoisotopic (exact) mass is 223 g/mol. The molecule has 0 aliphatic rings. The summed E-state index contributed by atoms with van der Waals surface area (Å²) in [5.74, 6) is 1.06. The molecule has 0 bridgehead atoms. The Morgan fingerprint density at radius 2 is 2.31 bits per heavy atom. The molecular weight excluding hydrogens is 202 g/mol. The van der Waals surface area contributed by atoms with E-state index >= 15 is 0 Å². The normalized spacial score (nSPS) is 12.2. The fraction of sp³-hybridized carbons (Fsp3) is 0.636. The SMILES string of the molecule is Cc1c(CN=C(N)NCC(C)C)cnn1C. The quantitative estimate of drug-likeness (QED) is 0.585. The molecule has 0 saturated heterocycles. The van der Waals surface area contributed by atoms with Crippen LogP contribution in [0.5, 0.6) is 0 Å². The third-order valence-electron chi connectivity index (χ3n) is 2.45. The maximum Gasteiger partial charge on any atom is 0.188 e. The number of rotatable bonds is 4. The minimum Gasteiger partial charge on any atom is -0.370 e. The summed E-state index contributed by atoms with van der Waals surface area (Å²) in [6.07, 6.45) is 1.83. The van der Waals surface area contributed by atoms with Gasteiger partial charge in [0, 0.05) is 24.8 Å². The highest BCUT2D eigenvalue weighted by molar-refractivity contribution is 5.77. The van der Waals surface area contributed by atoms with Crippen molar-refractivity contribution in [1.29, 1.82) is 0 Å². The summed E-state index contributed by atoms with van der Waals surface area (Å²) >= 11 is 0. The number of nitrogens with two attached hydrogens (primary N) is 1. The first-order chi connectivity index (χ1) is 7.50. The molecule has 0 fully saturated rings. The van der Waals surface area contributed by atoms with Crippen LogP contribution in [0, 0.1) is 12.8 Å². The Morgan fingerprint density at radius 3 is 2.81 bits per heavy atom.